The molecular weight excluding hydrogens is 400 g/mol. The third-order valence-corrected chi connectivity index (χ3v) is 6.09. The molecule has 1 N–H and O–H groups in total. The third kappa shape index (κ3) is 3.58. The predicted octanol–water partition coefficient (Wildman–Crippen LogP) is 5.22. The summed E-state index contributed by atoms with van der Waals surface area (Å²) in [5.74, 6) is 0.720. The molecule has 0 fully saturated rings. The minimum absolute atomic E-state index is 0.0224. The number of hydrogen-bond donors (Lipinski definition) is 1. The Morgan fingerprint density at radius 1 is 0.969 bits per heavy atom. The molecule has 0 radical (unpaired) electrons. The smallest absolute Gasteiger partial charge is 0.258 e. The molecule has 1 aliphatic heterocycles. The van der Waals surface area contributed by atoms with Crippen LogP contribution in [-0.2, 0) is 13.1 Å². The van der Waals surface area contributed by atoms with Crippen LogP contribution in [0.4, 0.5) is 5.69 Å². The van der Waals surface area contributed by atoms with Crippen molar-refractivity contribution in [3.8, 4) is 0 Å². The zero-order valence-electron chi connectivity index (χ0n) is 18.5. The summed E-state index contributed by atoms with van der Waals surface area (Å²) >= 11 is 0. The van der Waals surface area contributed by atoms with Crippen molar-refractivity contribution in [3.05, 3.63) is 106 Å². The van der Waals surface area contributed by atoms with Crippen molar-refractivity contribution in [3.63, 3.8) is 0 Å². The van der Waals surface area contributed by atoms with Gasteiger partial charge in [0.1, 0.15) is 11.9 Å². The van der Waals surface area contributed by atoms with Crippen LogP contribution in [0.5, 0.6) is 0 Å². The Morgan fingerprint density at radius 2 is 1.75 bits per heavy atom. The quantitative estimate of drug-likeness (QED) is 0.475. The van der Waals surface area contributed by atoms with Gasteiger partial charge >= 0.3 is 0 Å². The molecule has 1 aliphatic rings. The molecule has 0 aliphatic carbocycles. The number of benzene rings is 2. The monoisotopic (exact) mass is 426 g/mol. The Balaban J connectivity index is 1.54. The maximum Gasteiger partial charge on any atom is 0.258 e. The van der Waals surface area contributed by atoms with Crippen LogP contribution in [0.3, 0.4) is 0 Å². The van der Waals surface area contributed by atoms with Crippen LogP contribution in [-0.4, -0.2) is 20.6 Å². The summed E-state index contributed by atoms with van der Waals surface area (Å²) in [6.07, 6.45) is 1.30. The van der Waals surface area contributed by atoms with Gasteiger partial charge in [-0.2, -0.15) is 5.10 Å². The fourth-order valence-electron chi connectivity index (χ4n) is 4.38. The first-order valence-electron chi connectivity index (χ1n) is 10.8. The van der Waals surface area contributed by atoms with Gasteiger partial charge < -0.3 is 14.6 Å². The first-order valence-corrected chi connectivity index (χ1v) is 10.8. The zero-order valence-corrected chi connectivity index (χ0v) is 18.5. The molecule has 3 heterocycles. The van der Waals surface area contributed by atoms with Crippen molar-refractivity contribution in [1.29, 1.82) is 0 Å². The van der Waals surface area contributed by atoms with E-state index in [0.717, 1.165) is 28.4 Å². The minimum atomic E-state index is -0.339. The van der Waals surface area contributed by atoms with Crippen molar-refractivity contribution in [2.24, 2.45) is 0 Å². The van der Waals surface area contributed by atoms with Gasteiger partial charge in [-0.05, 0) is 50.6 Å². The van der Waals surface area contributed by atoms with Gasteiger partial charge in [0.25, 0.3) is 5.91 Å². The Hall–Kier alpha value is -3.80. The molecule has 2 aromatic carbocycles. The predicted molar refractivity (Wildman–Crippen MR) is 123 cm³/mol. The van der Waals surface area contributed by atoms with Crippen LogP contribution in [0.1, 0.15) is 50.4 Å². The largest absolute Gasteiger partial charge is 0.467 e. The van der Waals surface area contributed by atoms with E-state index in [1.165, 1.54) is 11.1 Å². The molecule has 1 amide bonds. The Labute approximate surface area is 187 Å². The van der Waals surface area contributed by atoms with Crippen LogP contribution in [0.15, 0.2) is 71.3 Å². The highest BCUT2D eigenvalue weighted by Crippen LogP contribution is 2.36. The summed E-state index contributed by atoms with van der Waals surface area (Å²) < 4.78 is 7.59. The van der Waals surface area contributed by atoms with Gasteiger partial charge in [-0.15, -0.1) is 0 Å². The molecule has 0 unspecified atom stereocenters. The lowest BCUT2D eigenvalue weighted by Gasteiger charge is -2.37. The highest BCUT2D eigenvalue weighted by Gasteiger charge is 2.36. The molecule has 0 spiro atoms. The van der Waals surface area contributed by atoms with Crippen LogP contribution >= 0.6 is 0 Å². The summed E-state index contributed by atoms with van der Waals surface area (Å²) in [6, 6.07) is 19.9. The molecule has 32 heavy (non-hydrogen) atoms. The normalized spacial score (nSPS) is 15.5. The van der Waals surface area contributed by atoms with Gasteiger partial charge in [-0.3, -0.25) is 9.48 Å². The second-order valence-electron chi connectivity index (χ2n) is 8.33. The van der Waals surface area contributed by atoms with E-state index in [1.54, 1.807) is 6.26 Å². The van der Waals surface area contributed by atoms with Crippen molar-refractivity contribution in [2.45, 2.75) is 40.0 Å². The molecule has 4 aromatic rings. The molecule has 6 heteroatoms. The van der Waals surface area contributed by atoms with Gasteiger partial charge in [0, 0.05) is 16.9 Å². The van der Waals surface area contributed by atoms with E-state index >= 15 is 0 Å². The third-order valence-electron chi connectivity index (χ3n) is 6.09. The summed E-state index contributed by atoms with van der Waals surface area (Å²) in [5.41, 5.74) is 6.89. The number of nitrogens with zero attached hydrogens (tertiary/aromatic N) is 3. The van der Waals surface area contributed by atoms with Gasteiger partial charge in [0.15, 0.2) is 0 Å². The number of fused-ring (bicyclic) bond motifs is 1. The number of nitrogens with one attached hydrogen (secondary N) is 1. The standard InChI is InChI=1S/C26H26N4O2/c1-17-10-12-20(13-11-17)15-30-19(3)24(18(2)28-30)25-27-23-9-5-4-8-22(23)26(31)29(25)16-21-7-6-14-32-21/h4-14,25,27H,15-16H2,1-3H3/t25-/m1/s1. The van der Waals surface area contributed by atoms with E-state index in [2.05, 4.69) is 43.4 Å². The van der Waals surface area contributed by atoms with Crippen LogP contribution in [0.25, 0.3) is 0 Å². The van der Waals surface area contributed by atoms with Crippen molar-refractivity contribution >= 4 is 11.6 Å². The highest BCUT2D eigenvalue weighted by atomic mass is 16.3. The van der Waals surface area contributed by atoms with Gasteiger partial charge in [-0.1, -0.05) is 42.0 Å². The average molecular weight is 427 g/mol. The molecule has 0 bridgehead atoms. The number of aromatic nitrogens is 2. The average Bonchev–Trinajstić information content (AvgIpc) is 3.40. The Bertz CT molecular complexity index is 1260. The molecule has 162 valence electrons. The van der Waals surface area contributed by atoms with E-state index in [9.17, 15) is 4.79 Å². The summed E-state index contributed by atoms with van der Waals surface area (Å²) in [7, 11) is 0. The van der Waals surface area contributed by atoms with E-state index < -0.39 is 0 Å². The highest BCUT2D eigenvalue weighted by molar-refractivity contribution is 6.01. The SMILES string of the molecule is Cc1ccc(Cn2nc(C)c([C@@H]3Nc4ccccc4C(=O)N3Cc3ccco3)c2C)cc1. The van der Waals surface area contributed by atoms with Crippen LogP contribution < -0.4 is 5.32 Å². The van der Waals surface area contributed by atoms with E-state index in [1.807, 2.05) is 52.9 Å². The lowest BCUT2D eigenvalue weighted by atomic mass is 10.0. The Kier molecular flexibility index (Phi) is 5.05. The minimum Gasteiger partial charge on any atom is -0.467 e. The fraction of sp³-hybridized carbons (Fsp3) is 0.231. The number of amides is 1. The number of hydrogen-bond acceptors (Lipinski definition) is 4. The van der Waals surface area contributed by atoms with Crippen LogP contribution in [0.2, 0.25) is 0 Å². The lowest BCUT2D eigenvalue weighted by Crippen LogP contribution is -2.42. The van der Waals surface area contributed by atoms with Gasteiger partial charge in [0.05, 0.1) is 30.6 Å². The molecule has 1 atom stereocenters. The first kappa shape index (κ1) is 20.1. The second-order valence-corrected chi connectivity index (χ2v) is 8.33. The number of aryl methyl sites for hydroxylation is 2. The maximum absolute atomic E-state index is 13.5. The number of anilines is 1. The van der Waals surface area contributed by atoms with Crippen molar-refractivity contribution < 1.29 is 9.21 Å². The maximum atomic E-state index is 13.5. The topological polar surface area (TPSA) is 63.3 Å². The molecule has 5 rings (SSSR count). The molecule has 0 saturated carbocycles. The summed E-state index contributed by atoms with van der Waals surface area (Å²) in [5, 5.41) is 8.41. The summed E-state index contributed by atoms with van der Waals surface area (Å²) in [6.45, 7) is 7.22. The number of rotatable bonds is 5. The van der Waals surface area contributed by atoms with E-state index in [-0.39, 0.29) is 12.1 Å². The van der Waals surface area contributed by atoms with E-state index in [0.29, 0.717) is 18.7 Å². The van der Waals surface area contributed by atoms with Crippen molar-refractivity contribution in [2.75, 3.05) is 5.32 Å². The first-order chi connectivity index (χ1) is 15.5. The number of furan rings is 1. The molecule has 6 nitrogen and oxygen atoms in total. The second kappa shape index (κ2) is 8.04. The van der Waals surface area contributed by atoms with Crippen LogP contribution in [0, 0.1) is 20.8 Å². The zero-order chi connectivity index (χ0) is 22.2. The van der Waals surface area contributed by atoms with Crippen molar-refractivity contribution in [1.82, 2.24) is 14.7 Å². The number of para-hydroxylation sites is 1. The molecule has 0 saturated heterocycles. The number of carbonyl (C=O) groups excluding carboxylic acids is 1. The lowest BCUT2D eigenvalue weighted by molar-refractivity contribution is 0.0650. The van der Waals surface area contributed by atoms with Gasteiger partial charge in [-0.25, -0.2) is 0 Å². The number of carbonyl (C=O) groups is 1. The molecule has 2 aromatic heterocycles. The fourth-order valence-corrected chi connectivity index (χ4v) is 4.38. The Morgan fingerprint density at radius 3 is 2.50 bits per heavy atom. The van der Waals surface area contributed by atoms with Gasteiger partial charge in [0.2, 0.25) is 0 Å². The molecular formula is C26H26N4O2. The van der Waals surface area contributed by atoms with E-state index in [4.69, 9.17) is 9.52 Å². The summed E-state index contributed by atoms with van der Waals surface area (Å²) in [4.78, 5) is 15.3.